The van der Waals surface area contributed by atoms with Crippen LogP contribution >= 0.6 is 0 Å². The first-order valence-corrected chi connectivity index (χ1v) is 3.97. The molecule has 1 aliphatic carbocycles. The molecule has 0 fully saturated rings. The van der Waals surface area contributed by atoms with Crippen molar-refractivity contribution in [2.24, 2.45) is 5.73 Å². The number of nitrogens with two attached hydrogens (primary N) is 1. The van der Waals surface area contributed by atoms with E-state index in [-0.39, 0.29) is 0 Å². The summed E-state index contributed by atoms with van der Waals surface area (Å²) >= 11 is 0. The first kappa shape index (κ1) is 10.2. The SMILES string of the molecule is C=CC.NCC1=CCCC=C1. The maximum atomic E-state index is 5.38. The van der Waals surface area contributed by atoms with Gasteiger partial charge >= 0.3 is 0 Å². The van der Waals surface area contributed by atoms with Gasteiger partial charge in [0.1, 0.15) is 0 Å². The van der Waals surface area contributed by atoms with Gasteiger partial charge in [-0.25, -0.2) is 0 Å². The van der Waals surface area contributed by atoms with Crippen LogP contribution in [0.1, 0.15) is 19.8 Å². The van der Waals surface area contributed by atoms with Crippen molar-refractivity contribution in [3.63, 3.8) is 0 Å². The molecule has 0 amide bonds. The fraction of sp³-hybridized carbons (Fsp3) is 0.400. The van der Waals surface area contributed by atoms with Crippen LogP contribution in [0.3, 0.4) is 0 Å². The molecule has 0 unspecified atom stereocenters. The van der Waals surface area contributed by atoms with E-state index in [9.17, 15) is 0 Å². The molecule has 0 aromatic carbocycles. The largest absolute Gasteiger partial charge is 0.327 e. The number of allylic oxidation sites excluding steroid dienone is 3. The molecule has 0 aromatic heterocycles. The standard InChI is InChI=1S/C7H11N.C3H6/c8-6-7-4-2-1-3-5-7;1-3-2/h2,4-5H,1,3,6,8H2;3H,1H2,2H3. The molecule has 62 valence electrons. The summed E-state index contributed by atoms with van der Waals surface area (Å²) in [5.41, 5.74) is 6.66. The van der Waals surface area contributed by atoms with Gasteiger partial charge in [0.2, 0.25) is 0 Å². The van der Waals surface area contributed by atoms with Crippen LogP contribution in [0, 0.1) is 0 Å². The van der Waals surface area contributed by atoms with E-state index in [4.69, 9.17) is 5.73 Å². The monoisotopic (exact) mass is 151 g/mol. The highest BCUT2D eigenvalue weighted by molar-refractivity contribution is 5.22. The smallest absolute Gasteiger partial charge is 0.0174 e. The van der Waals surface area contributed by atoms with Crippen molar-refractivity contribution in [2.45, 2.75) is 19.8 Å². The average Bonchev–Trinajstić information content (AvgIpc) is 2.08. The van der Waals surface area contributed by atoms with Crippen molar-refractivity contribution in [2.75, 3.05) is 6.54 Å². The van der Waals surface area contributed by atoms with Gasteiger partial charge in [-0.05, 0) is 25.3 Å². The second-order valence-corrected chi connectivity index (χ2v) is 2.37. The van der Waals surface area contributed by atoms with Crippen LogP contribution < -0.4 is 5.73 Å². The lowest BCUT2D eigenvalue weighted by Gasteiger charge is -2.01. The van der Waals surface area contributed by atoms with Crippen molar-refractivity contribution in [1.29, 1.82) is 0 Å². The van der Waals surface area contributed by atoms with Gasteiger partial charge in [-0.3, -0.25) is 0 Å². The summed E-state index contributed by atoms with van der Waals surface area (Å²) in [7, 11) is 0. The van der Waals surface area contributed by atoms with E-state index < -0.39 is 0 Å². The van der Waals surface area contributed by atoms with Crippen LogP contribution in [-0.4, -0.2) is 6.54 Å². The van der Waals surface area contributed by atoms with Gasteiger partial charge < -0.3 is 5.73 Å². The van der Waals surface area contributed by atoms with Gasteiger partial charge in [0.15, 0.2) is 0 Å². The zero-order chi connectivity index (χ0) is 8.53. The minimum absolute atomic E-state index is 0.691. The Labute approximate surface area is 69.3 Å². The quantitative estimate of drug-likeness (QED) is 0.572. The van der Waals surface area contributed by atoms with Gasteiger partial charge in [-0.15, -0.1) is 6.58 Å². The fourth-order valence-corrected chi connectivity index (χ4v) is 0.819. The average molecular weight is 151 g/mol. The highest BCUT2D eigenvalue weighted by Gasteiger charge is 1.91. The summed E-state index contributed by atoms with van der Waals surface area (Å²) in [4.78, 5) is 0. The summed E-state index contributed by atoms with van der Waals surface area (Å²) < 4.78 is 0. The normalized spacial score (nSPS) is 14.5. The second-order valence-electron chi connectivity index (χ2n) is 2.37. The molecule has 1 heteroatoms. The zero-order valence-electron chi connectivity index (χ0n) is 7.22. The molecule has 1 rings (SSSR count). The van der Waals surface area contributed by atoms with E-state index >= 15 is 0 Å². The van der Waals surface area contributed by atoms with Crippen molar-refractivity contribution < 1.29 is 0 Å². The fourth-order valence-electron chi connectivity index (χ4n) is 0.819. The molecule has 1 nitrogen and oxygen atoms in total. The zero-order valence-corrected chi connectivity index (χ0v) is 7.22. The molecular weight excluding hydrogens is 134 g/mol. The molecule has 0 atom stereocenters. The van der Waals surface area contributed by atoms with Crippen LogP contribution in [0.15, 0.2) is 36.5 Å². The van der Waals surface area contributed by atoms with Gasteiger partial charge in [0, 0.05) is 6.54 Å². The topological polar surface area (TPSA) is 26.0 Å². The molecule has 0 aromatic rings. The first-order valence-electron chi connectivity index (χ1n) is 3.97. The number of rotatable bonds is 1. The van der Waals surface area contributed by atoms with E-state index in [2.05, 4.69) is 24.8 Å². The van der Waals surface area contributed by atoms with Crippen molar-refractivity contribution >= 4 is 0 Å². The Morgan fingerprint density at radius 2 is 2.27 bits per heavy atom. The maximum absolute atomic E-state index is 5.38. The molecule has 0 bridgehead atoms. The summed E-state index contributed by atoms with van der Waals surface area (Å²) in [6.07, 6.45) is 10.6. The number of hydrogen-bond donors (Lipinski definition) is 1. The lowest BCUT2D eigenvalue weighted by Crippen LogP contribution is -2.01. The lowest BCUT2D eigenvalue weighted by molar-refractivity contribution is 0.995. The lowest BCUT2D eigenvalue weighted by atomic mass is 10.1. The Kier molecular flexibility index (Phi) is 6.75. The highest BCUT2D eigenvalue weighted by Crippen LogP contribution is 2.06. The van der Waals surface area contributed by atoms with Crippen LogP contribution in [0.4, 0.5) is 0 Å². The Morgan fingerprint density at radius 1 is 1.64 bits per heavy atom. The number of hydrogen-bond acceptors (Lipinski definition) is 1. The minimum Gasteiger partial charge on any atom is -0.327 e. The molecule has 0 aliphatic heterocycles. The van der Waals surface area contributed by atoms with Gasteiger partial charge in [0.05, 0.1) is 0 Å². The van der Waals surface area contributed by atoms with E-state index in [0.29, 0.717) is 6.54 Å². The second kappa shape index (κ2) is 7.29. The van der Waals surface area contributed by atoms with Crippen LogP contribution in [0.5, 0.6) is 0 Å². The van der Waals surface area contributed by atoms with E-state index in [1.807, 2.05) is 6.92 Å². The summed E-state index contributed by atoms with van der Waals surface area (Å²) in [5, 5.41) is 0. The highest BCUT2D eigenvalue weighted by atomic mass is 14.5. The van der Waals surface area contributed by atoms with E-state index in [1.54, 1.807) is 6.08 Å². The Bertz CT molecular complexity index is 154. The summed E-state index contributed by atoms with van der Waals surface area (Å²) in [6, 6.07) is 0. The van der Waals surface area contributed by atoms with Crippen molar-refractivity contribution in [3.8, 4) is 0 Å². The van der Waals surface area contributed by atoms with Crippen molar-refractivity contribution in [3.05, 3.63) is 36.5 Å². The molecule has 2 N–H and O–H groups in total. The molecule has 0 spiro atoms. The first-order chi connectivity index (χ1) is 5.35. The molecule has 0 saturated heterocycles. The van der Waals surface area contributed by atoms with Gasteiger partial charge in [-0.1, -0.05) is 24.3 Å². The molecule has 0 saturated carbocycles. The van der Waals surface area contributed by atoms with E-state index in [0.717, 1.165) is 0 Å². The molecule has 0 radical (unpaired) electrons. The van der Waals surface area contributed by atoms with Gasteiger partial charge in [0.25, 0.3) is 0 Å². The Balaban J connectivity index is 0.000000292. The minimum atomic E-state index is 0.691. The predicted molar refractivity (Wildman–Crippen MR) is 51.4 cm³/mol. The summed E-state index contributed by atoms with van der Waals surface area (Å²) in [5.74, 6) is 0. The Hall–Kier alpha value is -0.820. The van der Waals surface area contributed by atoms with Crippen molar-refractivity contribution in [1.82, 2.24) is 0 Å². The van der Waals surface area contributed by atoms with Crippen LogP contribution in [0.2, 0.25) is 0 Å². The molecule has 1 aliphatic rings. The Morgan fingerprint density at radius 3 is 2.55 bits per heavy atom. The third kappa shape index (κ3) is 5.62. The predicted octanol–water partition coefficient (Wildman–Crippen LogP) is 2.41. The van der Waals surface area contributed by atoms with E-state index in [1.165, 1.54) is 18.4 Å². The third-order valence-electron chi connectivity index (χ3n) is 1.31. The third-order valence-corrected chi connectivity index (χ3v) is 1.31. The van der Waals surface area contributed by atoms with Crippen LogP contribution in [0.25, 0.3) is 0 Å². The molecular formula is C10H17N. The van der Waals surface area contributed by atoms with Gasteiger partial charge in [-0.2, -0.15) is 0 Å². The van der Waals surface area contributed by atoms with Crippen LogP contribution in [-0.2, 0) is 0 Å². The molecule has 11 heavy (non-hydrogen) atoms. The maximum Gasteiger partial charge on any atom is 0.0174 e. The molecule has 0 heterocycles. The summed E-state index contributed by atoms with van der Waals surface area (Å²) in [6.45, 7) is 5.94.